The first-order chi connectivity index (χ1) is 12.5. The fourth-order valence-corrected chi connectivity index (χ4v) is 2.75. The lowest BCUT2D eigenvalue weighted by Gasteiger charge is -2.22. The maximum atomic E-state index is 12.8. The Morgan fingerprint density at radius 3 is 2.23 bits per heavy atom. The summed E-state index contributed by atoms with van der Waals surface area (Å²) in [5.41, 5.74) is 8.51. The third-order valence-electron chi connectivity index (χ3n) is 4.53. The molecular formula is C21H27N3O2. The molecule has 0 aliphatic carbocycles. The number of rotatable bonds is 7. The lowest BCUT2D eigenvalue weighted by molar-refractivity contribution is -0.123. The minimum absolute atomic E-state index is 0.0874. The maximum absolute atomic E-state index is 12.8. The summed E-state index contributed by atoms with van der Waals surface area (Å²) in [6.45, 7) is 5.91. The van der Waals surface area contributed by atoms with Crippen molar-refractivity contribution in [2.75, 3.05) is 5.73 Å². The van der Waals surface area contributed by atoms with E-state index in [9.17, 15) is 9.59 Å². The topological polar surface area (TPSA) is 84.2 Å². The molecule has 0 fully saturated rings. The Balaban J connectivity index is 2.24. The molecule has 2 aromatic carbocycles. The number of carbonyl (C=O) groups is 2. The van der Waals surface area contributed by atoms with Crippen molar-refractivity contribution >= 4 is 17.5 Å². The minimum atomic E-state index is -0.748. The predicted octanol–water partition coefficient (Wildman–Crippen LogP) is 3.35. The Hall–Kier alpha value is -2.82. The van der Waals surface area contributed by atoms with Crippen LogP contribution >= 0.6 is 0 Å². The molecule has 2 aromatic rings. The van der Waals surface area contributed by atoms with Gasteiger partial charge in [0.25, 0.3) is 5.91 Å². The summed E-state index contributed by atoms with van der Waals surface area (Å²) >= 11 is 0. The summed E-state index contributed by atoms with van der Waals surface area (Å²) in [4.78, 5) is 25.5. The maximum Gasteiger partial charge on any atom is 0.252 e. The van der Waals surface area contributed by atoms with E-state index >= 15 is 0 Å². The molecule has 0 spiro atoms. The van der Waals surface area contributed by atoms with Gasteiger partial charge in [-0.05, 0) is 49.1 Å². The monoisotopic (exact) mass is 353 g/mol. The van der Waals surface area contributed by atoms with Crippen molar-refractivity contribution in [1.82, 2.24) is 10.6 Å². The number of carbonyl (C=O) groups excluding carboxylic acids is 2. The zero-order valence-corrected chi connectivity index (χ0v) is 15.6. The van der Waals surface area contributed by atoms with Crippen LogP contribution in [0.15, 0.2) is 48.5 Å². The van der Waals surface area contributed by atoms with Gasteiger partial charge in [0.2, 0.25) is 5.91 Å². The second-order valence-electron chi connectivity index (χ2n) is 6.41. The molecule has 2 rings (SSSR count). The van der Waals surface area contributed by atoms with Crippen LogP contribution in [-0.4, -0.2) is 17.9 Å². The molecule has 2 amide bonds. The Morgan fingerprint density at radius 2 is 1.65 bits per heavy atom. The zero-order chi connectivity index (χ0) is 19.1. The second kappa shape index (κ2) is 9.04. The van der Waals surface area contributed by atoms with Crippen molar-refractivity contribution in [3.8, 4) is 0 Å². The molecular weight excluding hydrogens is 326 g/mol. The molecule has 0 bridgehead atoms. The number of benzene rings is 2. The highest BCUT2D eigenvalue weighted by atomic mass is 16.2. The number of nitrogens with one attached hydrogen (secondary N) is 2. The molecule has 0 heterocycles. The van der Waals surface area contributed by atoms with Crippen molar-refractivity contribution < 1.29 is 9.59 Å². The fourth-order valence-electron chi connectivity index (χ4n) is 2.75. The number of nitrogen functional groups attached to an aromatic ring is 1. The molecule has 0 aliphatic heterocycles. The predicted molar refractivity (Wildman–Crippen MR) is 105 cm³/mol. The highest BCUT2D eigenvalue weighted by Crippen LogP contribution is 2.17. The van der Waals surface area contributed by atoms with Gasteiger partial charge in [0.15, 0.2) is 0 Å². The molecule has 26 heavy (non-hydrogen) atoms. The average molecular weight is 353 g/mol. The van der Waals surface area contributed by atoms with Gasteiger partial charge in [0.1, 0.15) is 6.04 Å². The number of nitrogens with two attached hydrogens (primary N) is 1. The average Bonchev–Trinajstić information content (AvgIpc) is 2.66. The Kier molecular flexibility index (Phi) is 6.78. The van der Waals surface area contributed by atoms with Crippen molar-refractivity contribution in [1.29, 1.82) is 0 Å². The minimum Gasteiger partial charge on any atom is -0.399 e. The third kappa shape index (κ3) is 4.85. The van der Waals surface area contributed by atoms with E-state index in [1.807, 2.05) is 51.1 Å². The van der Waals surface area contributed by atoms with E-state index < -0.39 is 6.04 Å². The molecule has 0 radical (unpaired) electrons. The number of aryl methyl sites for hydroxylation is 1. The lowest BCUT2D eigenvalue weighted by atomic mass is 10.0. The van der Waals surface area contributed by atoms with Crippen LogP contribution in [0.25, 0.3) is 0 Å². The van der Waals surface area contributed by atoms with E-state index in [-0.39, 0.29) is 17.9 Å². The van der Waals surface area contributed by atoms with Gasteiger partial charge < -0.3 is 16.4 Å². The summed E-state index contributed by atoms with van der Waals surface area (Å²) in [6.07, 6.45) is 1.68. The standard InChI is InChI=1S/C21H27N3O2/c1-4-17(5-2)23-21(26)19(15-9-7-6-8-10-15)24-20(25)16-11-12-18(22)14(3)13-16/h6-13,17,19H,4-5,22H2,1-3H3,(H,23,26)(H,24,25). The molecule has 0 saturated carbocycles. The van der Waals surface area contributed by atoms with Gasteiger partial charge in [-0.2, -0.15) is 0 Å². The molecule has 0 aromatic heterocycles. The van der Waals surface area contributed by atoms with Crippen LogP contribution in [0.1, 0.15) is 54.2 Å². The van der Waals surface area contributed by atoms with Gasteiger partial charge in [-0.3, -0.25) is 9.59 Å². The van der Waals surface area contributed by atoms with Gasteiger partial charge in [-0.15, -0.1) is 0 Å². The number of amides is 2. The molecule has 1 unspecified atom stereocenters. The van der Waals surface area contributed by atoms with Gasteiger partial charge in [0.05, 0.1) is 0 Å². The molecule has 4 N–H and O–H groups in total. The zero-order valence-electron chi connectivity index (χ0n) is 15.6. The van der Waals surface area contributed by atoms with E-state index in [2.05, 4.69) is 10.6 Å². The number of anilines is 1. The number of hydrogen-bond acceptors (Lipinski definition) is 3. The Morgan fingerprint density at radius 1 is 1.00 bits per heavy atom. The van der Waals surface area contributed by atoms with E-state index in [1.54, 1.807) is 18.2 Å². The number of hydrogen-bond donors (Lipinski definition) is 3. The first-order valence-electron chi connectivity index (χ1n) is 8.98. The second-order valence-corrected chi connectivity index (χ2v) is 6.41. The SMILES string of the molecule is CCC(CC)NC(=O)C(NC(=O)c1ccc(N)c(C)c1)c1ccccc1. The smallest absolute Gasteiger partial charge is 0.252 e. The third-order valence-corrected chi connectivity index (χ3v) is 4.53. The highest BCUT2D eigenvalue weighted by Gasteiger charge is 2.24. The van der Waals surface area contributed by atoms with Crippen LogP contribution in [0.5, 0.6) is 0 Å². The van der Waals surface area contributed by atoms with Gasteiger partial charge in [0, 0.05) is 17.3 Å². The lowest BCUT2D eigenvalue weighted by Crippen LogP contribution is -2.44. The molecule has 0 saturated heterocycles. The van der Waals surface area contributed by atoms with Crippen LogP contribution < -0.4 is 16.4 Å². The largest absolute Gasteiger partial charge is 0.399 e. The van der Waals surface area contributed by atoms with Crippen LogP contribution in [-0.2, 0) is 4.79 Å². The first kappa shape index (κ1) is 19.5. The molecule has 0 aliphatic rings. The summed E-state index contributed by atoms with van der Waals surface area (Å²) in [6, 6.07) is 13.7. The Labute approximate surface area is 155 Å². The van der Waals surface area contributed by atoms with Gasteiger partial charge in [-0.1, -0.05) is 44.2 Å². The van der Waals surface area contributed by atoms with Crippen molar-refractivity contribution in [2.24, 2.45) is 0 Å². The van der Waals surface area contributed by atoms with Crippen molar-refractivity contribution in [2.45, 2.75) is 45.7 Å². The van der Waals surface area contributed by atoms with E-state index in [4.69, 9.17) is 5.73 Å². The summed E-state index contributed by atoms with van der Waals surface area (Å²) in [5, 5.41) is 5.88. The quantitative estimate of drug-likeness (QED) is 0.667. The summed E-state index contributed by atoms with van der Waals surface area (Å²) in [5.74, 6) is -0.507. The Bertz CT molecular complexity index is 755. The normalized spacial score (nSPS) is 11.8. The fraction of sp³-hybridized carbons (Fsp3) is 0.333. The summed E-state index contributed by atoms with van der Waals surface area (Å²) in [7, 11) is 0. The first-order valence-corrected chi connectivity index (χ1v) is 8.98. The molecule has 138 valence electrons. The van der Waals surface area contributed by atoms with Crippen LogP contribution in [0.4, 0.5) is 5.69 Å². The molecule has 5 heteroatoms. The van der Waals surface area contributed by atoms with Crippen LogP contribution in [0.3, 0.4) is 0 Å². The van der Waals surface area contributed by atoms with Crippen LogP contribution in [0.2, 0.25) is 0 Å². The van der Waals surface area contributed by atoms with Gasteiger partial charge in [-0.25, -0.2) is 0 Å². The molecule has 5 nitrogen and oxygen atoms in total. The summed E-state index contributed by atoms with van der Waals surface area (Å²) < 4.78 is 0. The van der Waals surface area contributed by atoms with E-state index in [0.29, 0.717) is 11.3 Å². The highest BCUT2D eigenvalue weighted by molar-refractivity contribution is 5.98. The van der Waals surface area contributed by atoms with E-state index in [0.717, 1.165) is 24.0 Å². The van der Waals surface area contributed by atoms with Gasteiger partial charge >= 0.3 is 0 Å². The van der Waals surface area contributed by atoms with Crippen molar-refractivity contribution in [3.63, 3.8) is 0 Å². The van der Waals surface area contributed by atoms with Crippen molar-refractivity contribution in [3.05, 3.63) is 65.2 Å². The van der Waals surface area contributed by atoms with Crippen LogP contribution in [0, 0.1) is 6.92 Å². The molecule has 1 atom stereocenters. The van der Waals surface area contributed by atoms with E-state index in [1.165, 1.54) is 0 Å².